The number of aliphatic imine (C=N–C) groups is 1. The molecule has 5 heteroatoms. The van der Waals surface area contributed by atoms with E-state index in [9.17, 15) is 0 Å². The third kappa shape index (κ3) is 7.78. The molecule has 1 aromatic rings. The molecule has 140 valence electrons. The third-order valence-corrected chi connectivity index (χ3v) is 4.08. The number of guanidine groups is 1. The summed E-state index contributed by atoms with van der Waals surface area (Å²) in [4.78, 5) is 4.69. The van der Waals surface area contributed by atoms with Crippen molar-refractivity contribution in [1.82, 2.24) is 10.6 Å². The molecule has 0 atom stereocenters. The van der Waals surface area contributed by atoms with Crippen LogP contribution in [0.3, 0.4) is 0 Å². The van der Waals surface area contributed by atoms with Crippen LogP contribution >= 0.6 is 0 Å². The van der Waals surface area contributed by atoms with E-state index in [1.165, 1.54) is 18.4 Å². The monoisotopic (exact) mass is 347 g/mol. The van der Waals surface area contributed by atoms with Gasteiger partial charge in [0.05, 0.1) is 13.2 Å². The lowest BCUT2D eigenvalue weighted by molar-refractivity contribution is 0.123. The number of nitrogens with one attached hydrogen (secondary N) is 2. The van der Waals surface area contributed by atoms with E-state index in [0.717, 1.165) is 55.9 Å². The van der Waals surface area contributed by atoms with Gasteiger partial charge >= 0.3 is 0 Å². The van der Waals surface area contributed by atoms with Crippen LogP contribution in [0.5, 0.6) is 5.75 Å². The summed E-state index contributed by atoms with van der Waals surface area (Å²) in [6, 6.07) is 6.27. The first-order valence-corrected chi connectivity index (χ1v) is 9.55. The Balaban J connectivity index is 1.79. The summed E-state index contributed by atoms with van der Waals surface area (Å²) in [6.45, 7) is 10.9. The quantitative estimate of drug-likeness (QED) is 0.366. The molecule has 1 fully saturated rings. The van der Waals surface area contributed by atoms with Crippen LogP contribution in [0.15, 0.2) is 23.2 Å². The molecule has 0 bridgehead atoms. The number of hydrogen-bond acceptors (Lipinski definition) is 3. The summed E-state index contributed by atoms with van der Waals surface area (Å²) in [5.41, 5.74) is 2.31. The standard InChI is InChI=1S/C20H33N3O2/c1-4-21-20(22-11-6-12-24-15-17-8-9-17)23-14-18-10-7-16(3)13-19(18)25-5-2/h7,10,13,17H,4-6,8-9,11-12,14-15H2,1-3H3,(H2,21,22,23). The van der Waals surface area contributed by atoms with Gasteiger partial charge in [-0.2, -0.15) is 0 Å². The fourth-order valence-corrected chi connectivity index (χ4v) is 2.50. The average molecular weight is 348 g/mol. The van der Waals surface area contributed by atoms with Gasteiger partial charge in [0.25, 0.3) is 0 Å². The molecule has 0 heterocycles. The molecule has 1 aliphatic rings. The highest BCUT2D eigenvalue weighted by molar-refractivity contribution is 5.79. The minimum Gasteiger partial charge on any atom is -0.494 e. The third-order valence-electron chi connectivity index (χ3n) is 4.08. The fourth-order valence-electron chi connectivity index (χ4n) is 2.50. The summed E-state index contributed by atoms with van der Waals surface area (Å²) in [5.74, 6) is 2.60. The van der Waals surface area contributed by atoms with Crippen molar-refractivity contribution in [3.63, 3.8) is 0 Å². The SMILES string of the molecule is CCNC(=NCc1ccc(C)cc1OCC)NCCCOCC1CC1. The predicted molar refractivity (Wildman–Crippen MR) is 103 cm³/mol. The zero-order valence-electron chi connectivity index (χ0n) is 15.9. The average Bonchev–Trinajstić information content (AvgIpc) is 3.41. The maximum absolute atomic E-state index is 5.73. The van der Waals surface area contributed by atoms with Crippen molar-refractivity contribution in [3.05, 3.63) is 29.3 Å². The molecule has 0 amide bonds. The largest absolute Gasteiger partial charge is 0.494 e. The summed E-state index contributed by atoms with van der Waals surface area (Å²) < 4.78 is 11.4. The van der Waals surface area contributed by atoms with Crippen LogP contribution in [-0.2, 0) is 11.3 Å². The highest BCUT2D eigenvalue weighted by atomic mass is 16.5. The van der Waals surface area contributed by atoms with E-state index in [-0.39, 0.29) is 0 Å². The van der Waals surface area contributed by atoms with Gasteiger partial charge in [-0.05, 0) is 57.6 Å². The number of aryl methyl sites for hydroxylation is 1. The van der Waals surface area contributed by atoms with Gasteiger partial charge in [-0.15, -0.1) is 0 Å². The zero-order chi connectivity index (χ0) is 17.9. The van der Waals surface area contributed by atoms with Gasteiger partial charge in [0.1, 0.15) is 5.75 Å². The summed E-state index contributed by atoms with van der Waals surface area (Å²) in [7, 11) is 0. The predicted octanol–water partition coefficient (Wildman–Crippen LogP) is 3.27. The molecule has 1 aromatic carbocycles. The molecule has 5 nitrogen and oxygen atoms in total. The van der Waals surface area contributed by atoms with E-state index >= 15 is 0 Å². The van der Waals surface area contributed by atoms with Crippen molar-refractivity contribution >= 4 is 5.96 Å². The van der Waals surface area contributed by atoms with Crippen molar-refractivity contribution in [2.75, 3.05) is 32.9 Å². The molecular weight excluding hydrogens is 314 g/mol. The van der Waals surface area contributed by atoms with Gasteiger partial charge in [0.2, 0.25) is 0 Å². The Kier molecular flexibility index (Phi) is 8.60. The van der Waals surface area contributed by atoms with Crippen LogP contribution in [0.25, 0.3) is 0 Å². The van der Waals surface area contributed by atoms with E-state index in [1.54, 1.807) is 0 Å². The van der Waals surface area contributed by atoms with Gasteiger partial charge in [-0.1, -0.05) is 12.1 Å². The van der Waals surface area contributed by atoms with Gasteiger partial charge in [-0.3, -0.25) is 0 Å². The Morgan fingerprint density at radius 2 is 2.08 bits per heavy atom. The van der Waals surface area contributed by atoms with E-state index in [4.69, 9.17) is 9.47 Å². The number of rotatable bonds is 11. The second kappa shape index (κ2) is 11.0. The van der Waals surface area contributed by atoms with Gasteiger partial charge in [0, 0.05) is 31.9 Å². The molecule has 0 aliphatic heterocycles. The van der Waals surface area contributed by atoms with Crippen molar-refractivity contribution < 1.29 is 9.47 Å². The lowest BCUT2D eigenvalue weighted by Gasteiger charge is -2.13. The summed E-state index contributed by atoms with van der Waals surface area (Å²) >= 11 is 0. The van der Waals surface area contributed by atoms with Gasteiger partial charge < -0.3 is 20.1 Å². The van der Waals surface area contributed by atoms with Gasteiger partial charge in [0.15, 0.2) is 5.96 Å². The number of nitrogens with zero attached hydrogens (tertiary/aromatic N) is 1. The van der Waals surface area contributed by atoms with Crippen LogP contribution in [0, 0.1) is 12.8 Å². The topological polar surface area (TPSA) is 54.9 Å². The molecule has 0 radical (unpaired) electrons. The maximum atomic E-state index is 5.73. The Morgan fingerprint density at radius 3 is 2.80 bits per heavy atom. The van der Waals surface area contributed by atoms with E-state index in [0.29, 0.717) is 13.2 Å². The Bertz CT molecular complexity index is 542. The second-order valence-electron chi connectivity index (χ2n) is 6.54. The molecule has 0 aromatic heterocycles. The van der Waals surface area contributed by atoms with Crippen LogP contribution in [-0.4, -0.2) is 38.9 Å². The van der Waals surface area contributed by atoms with Crippen molar-refractivity contribution in [2.45, 2.75) is 46.6 Å². The molecule has 25 heavy (non-hydrogen) atoms. The first-order chi connectivity index (χ1) is 12.2. The van der Waals surface area contributed by atoms with Crippen molar-refractivity contribution in [3.8, 4) is 5.75 Å². The number of benzene rings is 1. The molecule has 2 N–H and O–H groups in total. The van der Waals surface area contributed by atoms with Crippen molar-refractivity contribution in [1.29, 1.82) is 0 Å². The highest BCUT2D eigenvalue weighted by Crippen LogP contribution is 2.28. The zero-order valence-corrected chi connectivity index (χ0v) is 15.9. The maximum Gasteiger partial charge on any atom is 0.191 e. The first-order valence-electron chi connectivity index (χ1n) is 9.55. The van der Waals surface area contributed by atoms with E-state index in [2.05, 4.69) is 47.7 Å². The molecule has 1 aliphatic carbocycles. The second-order valence-corrected chi connectivity index (χ2v) is 6.54. The summed E-state index contributed by atoms with van der Waals surface area (Å²) in [6.07, 6.45) is 3.68. The molecule has 0 unspecified atom stereocenters. The number of hydrogen-bond donors (Lipinski definition) is 2. The van der Waals surface area contributed by atoms with E-state index in [1.807, 2.05) is 6.92 Å². The molecule has 0 saturated heterocycles. The van der Waals surface area contributed by atoms with Gasteiger partial charge in [-0.25, -0.2) is 4.99 Å². The van der Waals surface area contributed by atoms with E-state index < -0.39 is 0 Å². The molecule has 1 saturated carbocycles. The van der Waals surface area contributed by atoms with Crippen molar-refractivity contribution in [2.24, 2.45) is 10.9 Å². The normalized spacial score (nSPS) is 14.4. The highest BCUT2D eigenvalue weighted by Gasteiger charge is 2.20. The van der Waals surface area contributed by atoms with Crippen LogP contribution in [0.1, 0.15) is 44.2 Å². The van der Waals surface area contributed by atoms with Crippen LogP contribution in [0.2, 0.25) is 0 Å². The smallest absolute Gasteiger partial charge is 0.191 e. The number of ether oxygens (including phenoxy) is 2. The Labute approximate surface area is 152 Å². The lowest BCUT2D eigenvalue weighted by atomic mass is 10.1. The minimum absolute atomic E-state index is 0.600. The Morgan fingerprint density at radius 1 is 1.24 bits per heavy atom. The van der Waals surface area contributed by atoms with Crippen LogP contribution in [0.4, 0.5) is 0 Å². The fraction of sp³-hybridized carbons (Fsp3) is 0.650. The molecule has 0 spiro atoms. The molecule has 2 rings (SSSR count). The Hall–Kier alpha value is -1.75. The molecular formula is C20H33N3O2. The lowest BCUT2D eigenvalue weighted by Crippen LogP contribution is -2.38. The summed E-state index contributed by atoms with van der Waals surface area (Å²) in [5, 5.41) is 6.67. The first kappa shape index (κ1) is 19.6. The van der Waals surface area contributed by atoms with Crippen LogP contribution < -0.4 is 15.4 Å². The minimum atomic E-state index is 0.600.